The maximum absolute atomic E-state index is 12.2. The Balaban J connectivity index is 1.25. The monoisotopic (exact) mass is 328 g/mol. The predicted octanol–water partition coefficient (Wildman–Crippen LogP) is 3.02. The molecule has 1 saturated heterocycles. The van der Waals surface area contributed by atoms with E-state index >= 15 is 0 Å². The van der Waals surface area contributed by atoms with Crippen LogP contribution >= 0.6 is 0 Å². The van der Waals surface area contributed by atoms with Gasteiger partial charge in [0.25, 0.3) is 0 Å². The van der Waals surface area contributed by atoms with E-state index in [2.05, 4.69) is 26.3 Å². The number of amides is 1. The number of anilines is 1. The Kier molecular flexibility index (Phi) is 4.67. The molecule has 5 nitrogen and oxygen atoms in total. The first-order chi connectivity index (χ1) is 11.8. The zero-order valence-corrected chi connectivity index (χ0v) is 14.4. The molecule has 0 unspecified atom stereocenters. The fourth-order valence-electron chi connectivity index (χ4n) is 4.12. The Bertz CT molecular complexity index is 572. The summed E-state index contributed by atoms with van der Waals surface area (Å²) in [6, 6.07) is 2.62. The second-order valence-corrected chi connectivity index (χ2v) is 7.76. The van der Waals surface area contributed by atoms with E-state index in [-0.39, 0.29) is 5.91 Å². The number of piperidine rings is 1. The van der Waals surface area contributed by atoms with Crippen molar-refractivity contribution in [2.75, 3.05) is 18.0 Å². The average Bonchev–Trinajstić information content (AvgIpc) is 3.34. The van der Waals surface area contributed by atoms with Crippen LogP contribution in [0, 0.1) is 5.92 Å². The summed E-state index contributed by atoms with van der Waals surface area (Å²) in [4.78, 5) is 23.4. The van der Waals surface area contributed by atoms with Gasteiger partial charge in [0.15, 0.2) is 0 Å². The van der Waals surface area contributed by atoms with Gasteiger partial charge in [-0.15, -0.1) is 0 Å². The van der Waals surface area contributed by atoms with Crippen molar-refractivity contribution in [3.8, 4) is 0 Å². The lowest BCUT2D eigenvalue weighted by Crippen LogP contribution is -2.38. The van der Waals surface area contributed by atoms with Crippen LogP contribution in [0.5, 0.6) is 0 Å². The lowest BCUT2D eigenvalue weighted by Gasteiger charge is -2.32. The number of nitrogens with one attached hydrogen (secondary N) is 1. The molecule has 130 valence electrons. The number of nitrogens with zero attached hydrogens (tertiary/aromatic N) is 3. The van der Waals surface area contributed by atoms with Crippen LogP contribution in [0.15, 0.2) is 12.4 Å². The largest absolute Gasteiger partial charge is 0.356 e. The summed E-state index contributed by atoms with van der Waals surface area (Å²) < 4.78 is 0. The summed E-state index contributed by atoms with van der Waals surface area (Å²) in [6.07, 6.45) is 12.0. The molecule has 24 heavy (non-hydrogen) atoms. The van der Waals surface area contributed by atoms with Crippen molar-refractivity contribution in [2.45, 2.75) is 69.7 Å². The van der Waals surface area contributed by atoms with Gasteiger partial charge in [0.1, 0.15) is 12.1 Å². The first-order valence-corrected chi connectivity index (χ1v) is 9.64. The van der Waals surface area contributed by atoms with Gasteiger partial charge in [0.2, 0.25) is 5.91 Å². The van der Waals surface area contributed by atoms with Crippen LogP contribution in [0.2, 0.25) is 0 Å². The lowest BCUT2D eigenvalue weighted by molar-refractivity contribution is -0.122. The van der Waals surface area contributed by atoms with Crippen LogP contribution in [-0.4, -0.2) is 35.0 Å². The van der Waals surface area contributed by atoms with Gasteiger partial charge < -0.3 is 10.2 Å². The molecule has 1 aromatic heterocycles. The normalized spacial score (nSPS) is 22.8. The highest BCUT2D eigenvalue weighted by Crippen LogP contribution is 2.39. The molecule has 2 aliphatic carbocycles. The highest BCUT2D eigenvalue weighted by atomic mass is 16.1. The Hall–Kier alpha value is -1.65. The number of rotatable bonds is 5. The molecule has 2 saturated carbocycles. The Labute approximate surface area is 144 Å². The highest BCUT2D eigenvalue weighted by Gasteiger charge is 2.27. The molecule has 0 spiro atoms. The van der Waals surface area contributed by atoms with E-state index in [1.807, 2.05) is 0 Å². The van der Waals surface area contributed by atoms with E-state index in [1.54, 1.807) is 6.33 Å². The van der Waals surface area contributed by atoms with Gasteiger partial charge in [-0.05, 0) is 44.4 Å². The molecule has 4 rings (SSSR count). The van der Waals surface area contributed by atoms with Crippen molar-refractivity contribution < 1.29 is 4.79 Å². The van der Waals surface area contributed by atoms with Crippen molar-refractivity contribution >= 4 is 11.7 Å². The molecule has 0 radical (unpaired) electrons. The molecule has 0 aromatic carbocycles. The number of hydrogen-bond donors (Lipinski definition) is 1. The quantitative estimate of drug-likeness (QED) is 0.902. The van der Waals surface area contributed by atoms with Gasteiger partial charge in [-0.2, -0.15) is 0 Å². The SMILES string of the molecule is O=C(CC1CCN(c2cc(C3CC3)ncn2)CC1)NC1CCCC1. The molecule has 1 aromatic rings. The van der Waals surface area contributed by atoms with E-state index in [0.717, 1.165) is 31.7 Å². The zero-order chi connectivity index (χ0) is 16.4. The predicted molar refractivity (Wildman–Crippen MR) is 94.0 cm³/mol. The van der Waals surface area contributed by atoms with E-state index in [0.29, 0.717) is 24.3 Å². The summed E-state index contributed by atoms with van der Waals surface area (Å²) in [5.41, 5.74) is 1.21. The highest BCUT2D eigenvalue weighted by molar-refractivity contribution is 5.76. The fraction of sp³-hybridized carbons (Fsp3) is 0.737. The minimum Gasteiger partial charge on any atom is -0.356 e. The standard InChI is InChI=1S/C19H28N4O/c24-19(22-16-3-1-2-4-16)11-14-7-9-23(10-8-14)18-12-17(15-5-6-15)20-13-21-18/h12-16H,1-11H2,(H,22,24). The van der Waals surface area contributed by atoms with Crippen molar-refractivity contribution in [2.24, 2.45) is 5.92 Å². The molecular weight excluding hydrogens is 300 g/mol. The lowest BCUT2D eigenvalue weighted by atomic mass is 9.93. The fourth-order valence-corrected chi connectivity index (χ4v) is 4.12. The molecule has 5 heteroatoms. The summed E-state index contributed by atoms with van der Waals surface area (Å²) in [5, 5.41) is 3.22. The molecule has 1 N–H and O–H groups in total. The molecule has 2 heterocycles. The Morgan fingerprint density at radius 3 is 2.54 bits per heavy atom. The molecule has 3 aliphatic rings. The minimum atomic E-state index is 0.262. The van der Waals surface area contributed by atoms with Crippen LogP contribution in [0.3, 0.4) is 0 Å². The van der Waals surface area contributed by atoms with Gasteiger partial charge in [0, 0.05) is 43.2 Å². The minimum absolute atomic E-state index is 0.262. The van der Waals surface area contributed by atoms with E-state index in [1.165, 1.54) is 44.2 Å². The number of hydrogen-bond acceptors (Lipinski definition) is 4. The molecule has 1 aliphatic heterocycles. The van der Waals surface area contributed by atoms with Crippen LogP contribution < -0.4 is 10.2 Å². The van der Waals surface area contributed by atoms with Crippen molar-refractivity contribution in [3.05, 3.63) is 18.1 Å². The summed E-state index contributed by atoms with van der Waals surface area (Å²) in [7, 11) is 0. The van der Waals surface area contributed by atoms with Crippen molar-refractivity contribution in [1.29, 1.82) is 0 Å². The first kappa shape index (κ1) is 15.9. The maximum atomic E-state index is 12.2. The molecule has 0 atom stereocenters. The second kappa shape index (κ2) is 7.08. The summed E-state index contributed by atoms with van der Waals surface area (Å²) >= 11 is 0. The van der Waals surface area contributed by atoms with Crippen molar-refractivity contribution in [1.82, 2.24) is 15.3 Å². The Morgan fingerprint density at radius 1 is 1.08 bits per heavy atom. The Morgan fingerprint density at radius 2 is 1.83 bits per heavy atom. The smallest absolute Gasteiger partial charge is 0.220 e. The van der Waals surface area contributed by atoms with E-state index in [4.69, 9.17) is 0 Å². The van der Waals surface area contributed by atoms with Crippen LogP contribution in [-0.2, 0) is 4.79 Å². The van der Waals surface area contributed by atoms with Gasteiger partial charge in [-0.3, -0.25) is 4.79 Å². The maximum Gasteiger partial charge on any atom is 0.220 e. The summed E-state index contributed by atoms with van der Waals surface area (Å²) in [6.45, 7) is 2.00. The molecule has 0 bridgehead atoms. The van der Waals surface area contributed by atoms with Gasteiger partial charge in [0.05, 0.1) is 0 Å². The van der Waals surface area contributed by atoms with E-state index < -0.39 is 0 Å². The summed E-state index contributed by atoms with van der Waals surface area (Å²) in [5.74, 6) is 2.52. The third-order valence-electron chi connectivity index (χ3n) is 5.80. The van der Waals surface area contributed by atoms with E-state index in [9.17, 15) is 4.79 Å². The molecular formula is C19H28N4O. The number of aromatic nitrogens is 2. The number of carbonyl (C=O) groups excluding carboxylic acids is 1. The van der Waals surface area contributed by atoms with Crippen LogP contribution in [0.25, 0.3) is 0 Å². The van der Waals surface area contributed by atoms with Gasteiger partial charge in [-0.1, -0.05) is 12.8 Å². The second-order valence-electron chi connectivity index (χ2n) is 7.76. The number of carbonyl (C=O) groups is 1. The third-order valence-corrected chi connectivity index (χ3v) is 5.80. The third kappa shape index (κ3) is 3.87. The van der Waals surface area contributed by atoms with Crippen molar-refractivity contribution in [3.63, 3.8) is 0 Å². The topological polar surface area (TPSA) is 58.1 Å². The molecule has 3 fully saturated rings. The first-order valence-electron chi connectivity index (χ1n) is 9.64. The molecule has 1 amide bonds. The van der Waals surface area contributed by atoms with Crippen LogP contribution in [0.4, 0.5) is 5.82 Å². The zero-order valence-electron chi connectivity index (χ0n) is 14.4. The van der Waals surface area contributed by atoms with Gasteiger partial charge in [-0.25, -0.2) is 9.97 Å². The van der Waals surface area contributed by atoms with Gasteiger partial charge >= 0.3 is 0 Å². The average molecular weight is 328 g/mol. The van der Waals surface area contributed by atoms with Crippen LogP contribution in [0.1, 0.15) is 69.4 Å².